The number of likely N-dealkylation sites (N-methyl/N-ethyl adjacent to an activating group) is 1. The van der Waals surface area contributed by atoms with Gasteiger partial charge in [-0.15, -0.1) is 0 Å². The van der Waals surface area contributed by atoms with Gasteiger partial charge >= 0.3 is 6.18 Å². The van der Waals surface area contributed by atoms with Crippen molar-refractivity contribution in [2.75, 3.05) is 12.4 Å². The molecule has 0 spiro atoms. The lowest BCUT2D eigenvalue weighted by molar-refractivity contribution is -0.137. The molecule has 0 aliphatic heterocycles. The number of nitrogens with zero attached hydrogens (tertiary/aromatic N) is 1. The van der Waals surface area contributed by atoms with Gasteiger partial charge in [0.2, 0.25) is 0 Å². The normalized spacial score (nSPS) is 12.8. The molecular weight excluding hydrogens is 367 g/mol. The Morgan fingerprint density at radius 1 is 1.22 bits per heavy atom. The standard InChI is InChI=1S/C18H17F5N4/c1-11(13-5-3-4-6-14(13)18(21,22)23)27-16(24-2)7-8-25-17-15(20)9-12(19)10-26-17/h3-10,16,24,27H,1H2,2H3,(H,25,26)/b8-7-. The lowest BCUT2D eigenvalue weighted by Crippen LogP contribution is -2.37. The fraction of sp³-hybridized carbons (Fsp3) is 0.167. The molecule has 1 aromatic heterocycles. The predicted octanol–water partition coefficient (Wildman–Crippen LogP) is 4.11. The van der Waals surface area contributed by atoms with Gasteiger partial charge < -0.3 is 10.6 Å². The van der Waals surface area contributed by atoms with Gasteiger partial charge in [-0.05, 0) is 19.2 Å². The Morgan fingerprint density at radius 3 is 2.56 bits per heavy atom. The Balaban J connectivity index is 2.07. The molecule has 3 N–H and O–H groups in total. The first-order valence-corrected chi connectivity index (χ1v) is 7.76. The zero-order valence-electron chi connectivity index (χ0n) is 14.2. The van der Waals surface area contributed by atoms with Crippen LogP contribution in [-0.4, -0.2) is 18.2 Å². The molecule has 0 fully saturated rings. The van der Waals surface area contributed by atoms with E-state index >= 15 is 0 Å². The molecule has 1 atom stereocenters. The van der Waals surface area contributed by atoms with Gasteiger partial charge in [-0.3, -0.25) is 5.32 Å². The van der Waals surface area contributed by atoms with E-state index in [0.717, 1.165) is 12.3 Å². The third kappa shape index (κ3) is 5.52. The van der Waals surface area contributed by atoms with Gasteiger partial charge in [0.25, 0.3) is 0 Å². The van der Waals surface area contributed by atoms with Crippen molar-refractivity contribution in [1.29, 1.82) is 0 Å². The smallest absolute Gasteiger partial charge is 0.366 e. The molecule has 0 saturated carbocycles. The molecule has 0 amide bonds. The molecule has 2 aromatic rings. The van der Waals surface area contributed by atoms with E-state index in [-0.39, 0.29) is 17.1 Å². The fourth-order valence-electron chi connectivity index (χ4n) is 2.22. The second-order valence-corrected chi connectivity index (χ2v) is 5.42. The van der Waals surface area contributed by atoms with Crippen LogP contribution in [0.15, 0.2) is 55.4 Å². The number of rotatable bonds is 7. The van der Waals surface area contributed by atoms with Crippen molar-refractivity contribution in [3.05, 3.63) is 78.1 Å². The van der Waals surface area contributed by atoms with Gasteiger partial charge in [-0.1, -0.05) is 24.8 Å². The summed E-state index contributed by atoms with van der Waals surface area (Å²) >= 11 is 0. The molecule has 9 heteroatoms. The third-order valence-electron chi connectivity index (χ3n) is 3.51. The minimum atomic E-state index is -4.51. The summed E-state index contributed by atoms with van der Waals surface area (Å²) in [5.74, 6) is -1.88. The Hall–Kier alpha value is -2.94. The number of pyridine rings is 1. The largest absolute Gasteiger partial charge is 0.417 e. The average Bonchev–Trinajstić information content (AvgIpc) is 2.61. The van der Waals surface area contributed by atoms with Crippen molar-refractivity contribution >= 4 is 11.5 Å². The van der Waals surface area contributed by atoms with Crippen LogP contribution in [0.25, 0.3) is 5.70 Å². The van der Waals surface area contributed by atoms with E-state index in [1.165, 1.54) is 30.5 Å². The zero-order chi connectivity index (χ0) is 20.0. The number of halogens is 5. The number of hydrogen-bond donors (Lipinski definition) is 3. The number of aromatic nitrogens is 1. The maximum atomic E-state index is 13.5. The van der Waals surface area contributed by atoms with Gasteiger partial charge in [0.15, 0.2) is 11.6 Å². The summed E-state index contributed by atoms with van der Waals surface area (Å²) < 4.78 is 65.6. The van der Waals surface area contributed by atoms with E-state index in [2.05, 4.69) is 27.5 Å². The second kappa shape index (κ2) is 8.63. The second-order valence-electron chi connectivity index (χ2n) is 5.42. The van der Waals surface area contributed by atoms with Crippen LogP contribution in [0.1, 0.15) is 11.1 Å². The maximum absolute atomic E-state index is 13.5. The van der Waals surface area contributed by atoms with Gasteiger partial charge in [0.05, 0.1) is 17.9 Å². The minimum absolute atomic E-state index is 0.0537. The number of nitrogens with one attached hydrogen (secondary N) is 3. The van der Waals surface area contributed by atoms with E-state index in [0.29, 0.717) is 6.07 Å². The van der Waals surface area contributed by atoms with Gasteiger partial charge in [-0.25, -0.2) is 13.8 Å². The molecule has 27 heavy (non-hydrogen) atoms. The highest BCUT2D eigenvalue weighted by Crippen LogP contribution is 2.33. The highest BCUT2D eigenvalue weighted by molar-refractivity contribution is 5.65. The van der Waals surface area contributed by atoms with Crippen molar-refractivity contribution in [1.82, 2.24) is 15.6 Å². The Bertz CT molecular complexity index is 833. The van der Waals surface area contributed by atoms with E-state index in [4.69, 9.17) is 0 Å². The summed E-state index contributed by atoms with van der Waals surface area (Å²) in [6.45, 7) is 3.66. The molecule has 0 saturated heterocycles. The lowest BCUT2D eigenvalue weighted by Gasteiger charge is -2.20. The van der Waals surface area contributed by atoms with Crippen LogP contribution in [-0.2, 0) is 6.18 Å². The summed E-state index contributed by atoms with van der Waals surface area (Å²) in [6.07, 6.45) is -1.48. The van der Waals surface area contributed by atoms with Crippen molar-refractivity contribution < 1.29 is 22.0 Å². The third-order valence-corrected chi connectivity index (χ3v) is 3.51. The monoisotopic (exact) mass is 384 g/mol. The summed E-state index contributed by atoms with van der Waals surface area (Å²) in [4.78, 5) is 3.55. The maximum Gasteiger partial charge on any atom is 0.417 e. The molecule has 1 aromatic carbocycles. The van der Waals surface area contributed by atoms with E-state index in [1.807, 2.05) is 0 Å². The zero-order valence-corrected chi connectivity index (χ0v) is 14.2. The summed E-state index contributed by atoms with van der Waals surface area (Å²) in [7, 11) is 1.57. The van der Waals surface area contributed by atoms with Crippen LogP contribution in [0.4, 0.5) is 27.8 Å². The van der Waals surface area contributed by atoms with Crippen LogP contribution in [0.3, 0.4) is 0 Å². The molecule has 0 aliphatic carbocycles. The molecule has 0 aliphatic rings. The van der Waals surface area contributed by atoms with Crippen molar-refractivity contribution in [3.8, 4) is 0 Å². The number of hydrogen-bond acceptors (Lipinski definition) is 4. The van der Waals surface area contributed by atoms with Gasteiger partial charge in [-0.2, -0.15) is 13.2 Å². The molecule has 0 radical (unpaired) electrons. The summed E-state index contributed by atoms with van der Waals surface area (Å²) in [5.41, 5.74) is -0.840. The highest BCUT2D eigenvalue weighted by atomic mass is 19.4. The lowest BCUT2D eigenvalue weighted by atomic mass is 10.0. The predicted molar refractivity (Wildman–Crippen MR) is 93.4 cm³/mol. The minimum Gasteiger partial charge on any atom is -0.366 e. The number of alkyl halides is 3. The Morgan fingerprint density at radius 2 is 1.93 bits per heavy atom. The molecule has 0 bridgehead atoms. The molecule has 1 heterocycles. The van der Waals surface area contributed by atoms with E-state index in [9.17, 15) is 22.0 Å². The molecule has 1 unspecified atom stereocenters. The molecule has 144 valence electrons. The number of benzene rings is 1. The molecule has 4 nitrogen and oxygen atoms in total. The van der Waals surface area contributed by atoms with E-state index < -0.39 is 29.5 Å². The van der Waals surface area contributed by atoms with Crippen LogP contribution in [0.5, 0.6) is 0 Å². The topological polar surface area (TPSA) is 49.0 Å². The average molecular weight is 384 g/mol. The molecular formula is C18H17F5N4. The van der Waals surface area contributed by atoms with Crippen molar-refractivity contribution in [2.45, 2.75) is 12.3 Å². The summed E-state index contributed by atoms with van der Waals surface area (Å²) in [6, 6.07) is 5.73. The van der Waals surface area contributed by atoms with Gasteiger partial charge in [0.1, 0.15) is 5.82 Å². The van der Waals surface area contributed by atoms with Crippen molar-refractivity contribution in [2.24, 2.45) is 0 Å². The Kier molecular flexibility index (Phi) is 6.51. The highest BCUT2D eigenvalue weighted by Gasteiger charge is 2.33. The van der Waals surface area contributed by atoms with Crippen molar-refractivity contribution in [3.63, 3.8) is 0 Å². The first-order chi connectivity index (χ1) is 12.7. The molecule has 2 rings (SSSR count). The first kappa shape index (κ1) is 20.4. The van der Waals surface area contributed by atoms with Crippen LogP contribution in [0.2, 0.25) is 0 Å². The summed E-state index contributed by atoms with van der Waals surface area (Å²) in [5, 5.41) is 8.15. The van der Waals surface area contributed by atoms with E-state index in [1.54, 1.807) is 7.05 Å². The van der Waals surface area contributed by atoms with Crippen LogP contribution in [0, 0.1) is 11.6 Å². The SMILES string of the molecule is C=C(NC(/C=C\Nc1ncc(F)cc1F)NC)c1ccccc1C(F)(F)F. The van der Waals surface area contributed by atoms with Crippen LogP contribution < -0.4 is 16.0 Å². The first-order valence-electron chi connectivity index (χ1n) is 7.76. The van der Waals surface area contributed by atoms with Crippen LogP contribution >= 0.6 is 0 Å². The van der Waals surface area contributed by atoms with Gasteiger partial charge in [0, 0.05) is 23.5 Å². The fourth-order valence-corrected chi connectivity index (χ4v) is 2.22. The Labute approximate surface area is 152 Å². The number of anilines is 1. The quantitative estimate of drug-likeness (QED) is 0.497.